The molecule has 4 heteroatoms. The SMILES string of the molecule is CCN(CCOC)Cc1oc2ccccc2c1CN. The van der Waals surface area contributed by atoms with E-state index in [9.17, 15) is 0 Å². The summed E-state index contributed by atoms with van der Waals surface area (Å²) < 4.78 is 11.1. The van der Waals surface area contributed by atoms with Crippen molar-refractivity contribution in [3.8, 4) is 0 Å². The van der Waals surface area contributed by atoms with Crippen LogP contribution < -0.4 is 5.73 Å². The van der Waals surface area contributed by atoms with Crippen LogP contribution in [-0.4, -0.2) is 31.7 Å². The predicted molar refractivity (Wildman–Crippen MR) is 76.9 cm³/mol. The molecular weight excluding hydrogens is 240 g/mol. The number of hydrogen-bond donors (Lipinski definition) is 1. The molecule has 1 aromatic heterocycles. The highest BCUT2D eigenvalue weighted by molar-refractivity contribution is 5.82. The predicted octanol–water partition coefficient (Wildman–Crippen LogP) is 2.36. The molecule has 4 nitrogen and oxygen atoms in total. The molecule has 0 amide bonds. The molecule has 0 saturated heterocycles. The van der Waals surface area contributed by atoms with Gasteiger partial charge in [-0.15, -0.1) is 0 Å². The lowest BCUT2D eigenvalue weighted by atomic mass is 10.1. The topological polar surface area (TPSA) is 51.6 Å². The number of methoxy groups -OCH3 is 1. The maximum atomic E-state index is 5.94. The van der Waals surface area contributed by atoms with E-state index in [2.05, 4.69) is 17.9 Å². The third-order valence-corrected chi connectivity index (χ3v) is 3.41. The largest absolute Gasteiger partial charge is 0.459 e. The normalized spacial score (nSPS) is 11.6. The molecule has 2 aromatic rings. The molecule has 0 unspecified atom stereocenters. The average molecular weight is 262 g/mol. The molecule has 0 aliphatic heterocycles. The lowest BCUT2D eigenvalue weighted by Crippen LogP contribution is -2.27. The summed E-state index contributed by atoms with van der Waals surface area (Å²) in [6, 6.07) is 8.06. The Kier molecular flexibility index (Phi) is 4.96. The quantitative estimate of drug-likeness (QED) is 0.832. The van der Waals surface area contributed by atoms with Gasteiger partial charge in [0.2, 0.25) is 0 Å². The van der Waals surface area contributed by atoms with Crippen molar-refractivity contribution in [3.63, 3.8) is 0 Å². The van der Waals surface area contributed by atoms with Gasteiger partial charge in [-0.3, -0.25) is 4.90 Å². The Bertz CT molecular complexity index is 522. The number of furan rings is 1. The molecule has 0 aliphatic carbocycles. The molecule has 19 heavy (non-hydrogen) atoms. The van der Waals surface area contributed by atoms with Gasteiger partial charge in [0.1, 0.15) is 11.3 Å². The minimum atomic E-state index is 0.508. The van der Waals surface area contributed by atoms with E-state index in [1.807, 2.05) is 18.2 Å². The van der Waals surface area contributed by atoms with Gasteiger partial charge < -0.3 is 14.9 Å². The molecule has 0 radical (unpaired) electrons. The summed E-state index contributed by atoms with van der Waals surface area (Å²) in [6.45, 7) is 6.01. The van der Waals surface area contributed by atoms with Crippen molar-refractivity contribution < 1.29 is 9.15 Å². The van der Waals surface area contributed by atoms with Gasteiger partial charge in [-0.25, -0.2) is 0 Å². The van der Waals surface area contributed by atoms with Gasteiger partial charge in [0.05, 0.1) is 13.2 Å². The van der Waals surface area contributed by atoms with E-state index in [0.717, 1.165) is 48.5 Å². The van der Waals surface area contributed by atoms with Crippen LogP contribution >= 0.6 is 0 Å². The number of hydrogen-bond acceptors (Lipinski definition) is 4. The molecule has 104 valence electrons. The first-order chi connectivity index (χ1) is 9.30. The highest BCUT2D eigenvalue weighted by Crippen LogP contribution is 2.26. The number of rotatable bonds is 7. The second-order valence-electron chi connectivity index (χ2n) is 4.57. The minimum absolute atomic E-state index is 0.508. The zero-order chi connectivity index (χ0) is 13.7. The summed E-state index contributed by atoms with van der Waals surface area (Å²) >= 11 is 0. The van der Waals surface area contributed by atoms with Gasteiger partial charge in [-0.1, -0.05) is 25.1 Å². The van der Waals surface area contributed by atoms with Crippen LogP contribution in [0.4, 0.5) is 0 Å². The summed E-state index contributed by atoms with van der Waals surface area (Å²) in [6.07, 6.45) is 0. The second-order valence-corrected chi connectivity index (χ2v) is 4.57. The van der Waals surface area contributed by atoms with Crippen LogP contribution in [0.1, 0.15) is 18.2 Å². The van der Waals surface area contributed by atoms with Gasteiger partial charge in [0, 0.05) is 31.1 Å². The molecule has 0 saturated carbocycles. The third-order valence-electron chi connectivity index (χ3n) is 3.41. The van der Waals surface area contributed by atoms with E-state index in [4.69, 9.17) is 14.9 Å². The smallest absolute Gasteiger partial charge is 0.134 e. The number of para-hydroxylation sites is 1. The zero-order valence-corrected chi connectivity index (χ0v) is 11.7. The summed E-state index contributed by atoms with van der Waals surface area (Å²) in [5, 5.41) is 1.13. The lowest BCUT2D eigenvalue weighted by Gasteiger charge is -2.19. The molecule has 1 heterocycles. The van der Waals surface area contributed by atoms with E-state index in [1.165, 1.54) is 0 Å². The standard InChI is InChI=1S/C15H22N2O2/c1-3-17(8-9-18-2)11-15-13(10-16)12-6-4-5-7-14(12)19-15/h4-7H,3,8-11,16H2,1-2H3. The van der Waals surface area contributed by atoms with Crippen LogP contribution in [0.3, 0.4) is 0 Å². The van der Waals surface area contributed by atoms with Crippen LogP contribution in [0.5, 0.6) is 0 Å². The van der Waals surface area contributed by atoms with Crippen LogP contribution in [0.2, 0.25) is 0 Å². The Morgan fingerprint density at radius 1 is 1.32 bits per heavy atom. The number of nitrogens with zero attached hydrogens (tertiary/aromatic N) is 1. The molecule has 0 bridgehead atoms. The Hall–Kier alpha value is -1.36. The summed E-state index contributed by atoms with van der Waals surface area (Å²) in [7, 11) is 1.72. The molecular formula is C15H22N2O2. The molecule has 2 N–H and O–H groups in total. The van der Waals surface area contributed by atoms with E-state index >= 15 is 0 Å². The van der Waals surface area contributed by atoms with E-state index in [1.54, 1.807) is 7.11 Å². The fraction of sp³-hybridized carbons (Fsp3) is 0.467. The Balaban J connectivity index is 2.23. The Morgan fingerprint density at radius 2 is 2.11 bits per heavy atom. The molecule has 0 fully saturated rings. The first-order valence-corrected chi connectivity index (χ1v) is 6.70. The van der Waals surface area contributed by atoms with Crippen molar-refractivity contribution in [2.24, 2.45) is 5.73 Å². The van der Waals surface area contributed by atoms with Crippen LogP contribution in [0, 0.1) is 0 Å². The average Bonchev–Trinajstić information content (AvgIpc) is 2.80. The Morgan fingerprint density at radius 3 is 2.79 bits per heavy atom. The molecule has 1 aromatic carbocycles. The number of benzene rings is 1. The van der Waals surface area contributed by atoms with Gasteiger partial charge in [0.25, 0.3) is 0 Å². The van der Waals surface area contributed by atoms with Crippen molar-refractivity contribution in [1.29, 1.82) is 0 Å². The molecule has 2 rings (SSSR count). The highest BCUT2D eigenvalue weighted by atomic mass is 16.5. The zero-order valence-electron chi connectivity index (χ0n) is 11.7. The fourth-order valence-electron chi connectivity index (χ4n) is 2.27. The van der Waals surface area contributed by atoms with Crippen LogP contribution in [-0.2, 0) is 17.8 Å². The van der Waals surface area contributed by atoms with Gasteiger partial charge in [-0.2, -0.15) is 0 Å². The van der Waals surface area contributed by atoms with Crippen molar-refractivity contribution in [2.45, 2.75) is 20.0 Å². The molecule has 0 aliphatic rings. The monoisotopic (exact) mass is 262 g/mol. The van der Waals surface area contributed by atoms with Gasteiger partial charge in [0.15, 0.2) is 0 Å². The van der Waals surface area contributed by atoms with Gasteiger partial charge >= 0.3 is 0 Å². The van der Waals surface area contributed by atoms with Gasteiger partial charge in [-0.05, 0) is 12.6 Å². The summed E-state index contributed by atoms with van der Waals surface area (Å²) in [4.78, 5) is 2.29. The maximum Gasteiger partial charge on any atom is 0.134 e. The minimum Gasteiger partial charge on any atom is -0.459 e. The number of nitrogens with two attached hydrogens (primary N) is 1. The summed E-state index contributed by atoms with van der Waals surface area (Å²) in [5.41, 5.74) is 7.91. The van der Waals surface area contributed by atoms with E-state index < -0.39 is 0 Å². The van der Waals surface area contributed by atoms with E-state index in [0.29, 0.717) is 6.54 Å². The molecule has 0 atom stereocenters. The van der Waals surface area contributed by atoms with Crippen LogP contribution in [0.25, 0.3) is 11.0 Å². The van der Waals surface area contributed by atoms with Crippen molar-refractivity contribution in [2.75, 3.05) is 26.8 Å². The van der Waals surface area contributed by atoms with E-state index in [-0.39, 0.29) is 0 Å². The second kappa shape index (κ2) is 6.70. The first kappa shape index (κ1) is 14.1. The Labute approximate surface area is 114 Å². The first-order valence-electron chi connectivity index (χ1n) is 6.70. The fourth-order valence-corrected chi connectivity index (χ4v) is 2.27. The maximum absolute atomic E-state index is 5.94. The number of likely N-dealkylation sites (N-methyl/N-ethyl adjacent to an activating group) is 1. The highest BCUT2D eigenvalue weighted by Gasteiger charge is 2.14. The van der Waals surface area contributed by atoms with Crippen molar-refractivity contribution in [1.82, 2.24) is 4.90 Å². The van der Waals surface area contributed by atoms with Crippen molar-refractivity contribution in [3.05, 3.63) is 35.6 Å². The van der Waals surface area contributed by atoms with Crippen LogP contribution in [0.15, 0.2) is 28.7 Å². The summed E-state index contributed by atoms with van der Waals surface area (Å²) in [5.74, 6) is 0.974. The number of fused-ring (bicyclic) bond motifs is 1. The molecule has 0 spiro atoms. The van der Waals surface area contributed by atoms with Crippen molar-refractivity contribution >= 4 is 11.0 Å². The number of ether oxygens (including phenoxy) is 1. The third kappa shape index (κ3) is 3.15. The lowest BCUT2D eigenvalue weighted by molar-refractivity contribution is 0.143.